The van der Waals surface area contributed by atoms with Crippen molar-refractivity contribution in [1.29, 1.82) is 0 Å². The zero-order valence-electron chi connectivity index (χ0n) is 10.0. The molecule has 0 saturated carbocycles. The van der Waals surface area contributed by atoms with E-state index in [1.165, 1.54) is 19.5 Å². The number of esters is 1. The number of benzene rings is 1. The molecule has 0 bridgehead atoms. The second-order valence-electron chi connectivity index (χ2n) is 3.57. The zero-order chi connectivity index (χ0) is 13.8. The van der Waals surface area contributed by atoms with E-state index in [9.17, 15) is 9.59 Å². The average molecular weight is 261 g/mol. The van der Waals surface area contributed by atoms with Gasteiger partial charge in [0.05, 0.1) is 19.0 Å². The molecule has 0 amide bonds. The third kappa shape index (κ3) is 2.71. The molecule has 7 nitrogen and oxygen atoms in total. The highest BCUT2D eigenvalue weighted by Gasteiger charge is 2.10. The number of hydrogen-bond acceptors (Lipinski definition) is 6. The summed E-state index contributed by atoms with van der Waals surface area (Å²) in [4.78, 5) is 28.8. The summed E-state index contributed by atoms with van der Waals surface area (Å²) in [6, 6.07) is 6.27. The molecule has 2 aromatic rings. The average Bonchev–Trinajstić information content (AvgIpc) is 2.43. The van der Waals surface area contributed by atoms with Crippen LogP contribution in [0, 0.1) is 0 Å². The van der Waals surface area contributed by atoms with Gasteiger partial charge in [-0.2, -0.15) is 0 Å². The van der Waals surface area contributed by atoms with E-state index in [1.807, 2.05) is 0 Å². The number of nitrogens with two attached hydrogens (primary N) is 1. The van der Waals surface area contributed by atoms with Crippen molar-refractivity contribution in [3.05, 3.63) is 46.5 Å². The third-order valence-corrected chi connectivity index (χ3v) is 2.32. The molecule has 19 heavy (non-hydrogen) atoms. The molecule has 2 rings (SSSR count). The first kappa shape index (κ1) is 12.6. The molecule has 0 spiro atoms. The number of anilines is 1. The molecule has 3 N–H and O–H groups in total. The molecule has 0 unspecified atom stereocenters. The van der Waals surface area contributed by atoms with Gasteiger partial charge < -0.3 is 20.2 Å². The van der Waals surface area contributed by atoms with Crippen molar-refractivity contribution in [2.45, 2.75) is 0 Å². The Bertz CT molecular complexity index is 666. The van der Waals surface area contributed by atoms with Crippen molar-refractivity contribution >= 4 is 11.7 Å². The van der Waals surface area contributed by atoms with E-state index >= 15 is 0 Å². The minimum absolute atomic E-state index is 0.0224. The van der Waals surface area contributed by atoms with Gasteiger partial charge in [-0.3, -0.25) is 4.79 Å². The summed E-state index contributed by atoms with van der Waals surface area (Å²) in [7, 11) is 1.28. The number of rotatable bonds is 3. The van der Waals surface area contributed by atoms with Gasteiger partial charge in [0.2, 0.25) is 5.88 Å². The summed E-state index contributed by atoms with van der Waals surface area (Å²) in [6.45, 7) is 0. The summed E-state index contributed by atoms with van der Waals surface area (Å²) in [5.74, 6) is -0.184. The lowest BCUT2D eigenvalue weighted by atomic mass is 10.2. The van der Waals surface area contributed by atoms with Crippen LogP contribution in [-0.4, -0.2) is 23.0 Å². The number of hydrogen-bond donors (Lipinski definition) is 2. The number of aromatic amines is 1. The van der Waals surface area contributed by atoms with Gasteiger partial charge >= 0.3 is 5.97 Å². The van der Waals surface area contributed by atoms with Gasteiger partial charge in [0.15, 0.2) is 5.69 Å². The second-order valence-corrected chi connectivity index (χ2v) is 3.57. The zero-order valence-corrected chi connectivity index (χ0v) is 10.0. The maximum atomic E-state index is 11.4. The molecule has 0 radical (unpaired) electrons. The van der Waals surface area contributed by atoms with E-state index in [2.05, 4.69) is 14.7 Å². The standard InChI is InChI=1S/C12H11N3O4/c1-18-12(17)7-3-2-4-8(5-7)19-11-9(13)10(16)14-6-15-11/h2-6H,13H2,1H3,(H,14,15,16). The molecular weight excluding hydrogens is 250 g/mol. The molecule has 0 atom stereocenters. The van der Waals surface area contributed by atoms with Crippen molar-refractivity contribution in [3.8, 4) is 11.6 Å². The van der Waals surface area contributed by atoms with Crippen molar-refractivity contribution in [2.75, 3.05) is 12.8 Å². The minimum atomic E-state index is -0.492. The predicted molar refractivity (Wildman–Crippen MR) is 67.1 cm³/mol. The summed E-state index contributed by atoms with van der Waals surface area (Å²) < 4.78 is 9.96. The van der Waals surface area contributed by atoms with Gasteiger partial charge in [-0.25, -0.2) is 9.78 Å². The van der Waals surface area contributed by atoms with Crippen molar-refractivity contribution in [2.24, 2.45) is 0 Å². The molecule has 0 fully saturated rings. The molecule has 0 aliphatic carbocycles. The molecule has 1 heterocycles. The lowest BCUT2D eigenvalue weighted by molar-refractivity contribution is 0.0600. The monoisotopic (exact) mass is 261 g/mol. The Labute approximate surface area is 108 Å². The minimum Gasteiger partial charge on any atom is -0.465 e. The first-order valence-corrected chi connectivity index (χ1v) is 5.31. The Morgan fingerprint density at radius 3 is 2.95 bits per heavy atom. The number of carbonyl (C=O) groups excluding carboxylic acids is 1. The smallest absolute Gasteiger partial charge is 0.337 e. The number of methoxy groups -OCH3 is 1. The van der Waals surface area contributed by atoms with Gasteiger partial charge in [-0.05, 0) is 18.2 Å². The molecule has 1 aromatic carbocycles. The highest BCUT2D eigenvalue weighted by atomic mass is 16.5. The van der Waals surface area contributed by atoms with Crippen molar-refractivity contribution in [3.63, 3.8) is 0 Å². The number of nitrogens with zero attached hydrogens (tertiary/aromatic N) is 1. The predicted octanol–water partition coefficient (Wildman–Crippen LogP) is 0.931. The van der Waals surface area contributed by atoms with E-state index in [4.69, 9.17) is 10.5 Å². The fourth-order valence-corrected chi connectivity index (χ4v) is 1.39. The number of H-pyrrole nitrogens is 1. The van der Waals surface area contributed by atoms with Gasteiger partial charge in [0, 0.05) is 0 Å². The summed E-state index contributed by atoms with van der Waals surface area (Å²) in [5.41, 5.74) is 5.23. The van der Waals surface area contributed by atoms with Crippen LogP contribution in [0.2, 0.25) is 0 Å². The Hall–Kier alpha value is -2.83. The number of carbonyl (C=O) groups is 1. The van der Waals surface area contributed by atoms with Crippen LogP contribution in [0.5, 0.6) is 11.6 Å². The Morgan fingerprint density at radius 2 is 2.21 bits per heavy atom. The maximum Gasteiger partial charge on any atom is 0.337 e. The SMILES string of the molecule is COC(=O)c1cccc(Oc2nc[nH]c(=O)c2N)c1. The highest BCUT2D eigenvalue weighted by molar-refractivity contribution is 5.89. The van der Waals surface area contributed by atoms with Crippen LogP contribution in [0.25, 0.3) is 0 Å². The fourth-order valence-electron chi connectivity index (χ4n) is 1.39. The van der Waals surface area contributed by atoms with E-state index in [1.54, 1.807) is 18.2 Å². The van der Waals surface area contributed by atoms with Crippen LogP contribution in [0.1, 0.15) is 10.4 Å². The molecule has 0 aliphatic heterocycles. The Morgan fingerprint density at radius 1 is 1.42 bits per heavy atom. The first-order valence-electron chi connectivity index (χ1n) is 5.31. The Balaban J connectivity index is 2.31. The first-order chi connectivity index (χ1) is 9.11. The molecule has 7 heteroatoms. The molecule has 1 aromatic heterocycles. The number of nitrogens with one attached hydrogen (secondary N) is 1. The highest BCUT2D eigenvalue weighted by Crippen LogP contribution is 2.22. The van der Waals surface area contributed by atoms with Crippen LogP contribution >= 0.6 is 0 Å². The lowest BCUT2D eigenvalue weighted by Crippen LogP contribution is -2.13. The number of nitrogen functional groups attached to an aromatic ring is 1. The van der Waals surface area contributed by atoms with Gasteiger partial charge in [-0.1, -0.05) is 6.07 Å². The fraction of sp³-hybridized carbons (Fsp3) is 0.0833. The van der Waals surface area contributed by atoms with E-state index in [0.717, 1.165) is 0 Å². The number of aromatic nitrogens is 2. The van der Waals surface area contributed by atoms with Gasteiger partial charge in [0.25, 0.3) is 5.56 Å². The van der Waals surface area contributed by atoms with Crippen LogP contribution in [0.4, 0.5) is 5.69 Å². The molecule has 0 saturated heterocycles. The maximum absolute atomic E-state index is 11.4. The van der Waals surface area contributed by atoms with Gasteiger partial charge in [0.1, 0.15) is 5.75 Å². The van der Waals surface area contributed by atoms with Gasteiger partial charge in [-0.15, -0.1) is 0 Å². The second kappa shape index (κ2) is 5.21. The molecule has 98 valence electrons. The van der Waals surface area contributed by atoms with Crippen LogP contribution < -0.4 is 16.0 Å². The van der Waals surface area contributed by atoms with Crippen molar-refractivity contribution in [1.82, 2.24) is 9.97 Å². The lowest BCUT2D eigenvalue weighted by Gasteiger charge is -2.07. The third-order valence-electron chi connectivity index (χ3n) is 2.32. The Kier molecular flexibility index (Phi) is 3.46. The number of ether oxygens (including phenoxy) is 2. The van der Waals surface area contributed by atoms with Crippen LogP contribution in [0.3, 0.4) is 0 Å². The molecular formula is C12H11N3O4. The summed E-state index contributed by atoms with van der Waals surface area (Å²) >= 11 is 0. The summed E-state index contributed by atoms with van der Waals surface area (Å²) in [5, 5.41) is 0. The molecule has 0 aliphatic rings. The van der Waals surface area contributed by atoms with E-state index < -0.39 is 11.5 Å². The quantitative estimate of drug-likeness (QED) is 0.796. The topological polar surface area (TPSA) is 107 Å². The van der Waals surface area contributed by atoms with E-state index in [-0.39, 0.29) is 11.6 Å². The summed E-state index contributed by atoms with van der Waals surface area (Å²) in [6.07, 6.45) is 1.18. The largest absolute Gasteiger partial charge is 0.465 e. The van der Waals surface area contributed by atoms with Crippen molar-refractivity contribution < 1.29 is 14.3 Å². The van der Waals surface area contributed by atoms with Crippen LogP contribution in [0.15, 0.2) is 35.4 Å². The normalized spacial score (nSPS) is 9.95. The van der Waals surface area contributed by atoms with E-state index in [0.29, 0.717) is 11.3 Å². The van der Waals surface area contributed by atoms with Crippen LogP contribution in [-0.2, 0) is 4.74 Å².